The van der Waals surface area contributed by atoms with Crippen molar-refractivity contribution in [3.05, 3.63) is 64.4 Å². The topological polar surface area (TPSA) is 91.8 Å². The quantitative estimate of drug-likeness (QED) is 0.399. The molecule has 0 saturated heterocycles. The number of alkyl carbamates (subject to hydrolysis) is 1. The lowest BCUT2D eigenvalue weighted by molar-refractivity contribution is 0.100. The van der Waals surface area contributed by atoms with Crippen molar-refractivity contribution in [2.24, 2.45) is 4.99 Å². The first-order valence-electron chi connectivity index (χ1n) is 10.8. The number of carbonyl (C=O) groups is 2. The van der Waals surface area contributed by atoms with Crippen molar-refractivity contribution in [3.8, 4) is 0 Å². The molecular weight excluding hydrogens is 473 g/mol. The Kier molecular flexibility index (Phi) is 8.75. The van der Waals surface area contributed by atoms with Crippen molar-refractivity contribution in [1.82, 2.24) is 10.6 Å². The molecular formula is C23H24ClF3N4O3. The van der Waals surface area contributed by atoms with Gasteiger partial charge in [0.2, 0.25) is 5.96 Å². The van der Waals surface area contributed by atoms with Crippen molar-refractivity contribution in [3.63, 3.8) is 0 Å². The Morgan fingerprint density at radius 3 is 2.35 bits per heavy atom. The number of guanidine groups is 1. The first-order valence-corrected chi connectivity index (χ1v) is 11.1. The smallest absolute Gasteiger partial charge is 0.407 e. The molecule has 0 bridgehead atoms. The van der Waals surface area contributed by atoms with Gasteiger partial charge in [0.15, 0.2) is 17.5 Å². The average Bonchev–Trinajstić information content (AvgIpc) is 2.80. The van der Waals surface area contributed by atoms with Crippen LogP contribution >= 0.6 is 11.6 Å². The van der Waals surface area contributed by atoms with Gasteiger partial charge >= 0.3 is 6.09 Å². The van der Waals surface area contributed by atoms with Crippen LogP contribution in [0.5, 0.6) is 0 Å². The standard InChI is InChI=1S/C23H24ClF3N4O3/c1-2-34-23(33)29-15-9-7-14(8-10-15)28-22(30-19-5-3-4-16(24)20(19)27)31-21(32)13-6-11-17(25)18(26)12-13/h3-6,11-12,14-15H,2,7-10H2,1H3,(H,29,33)(H2,28,30,31,32)/t14-,15-. The fraction of sp³-hybridized carbons (Fsp3) is 0.348. The average molecular weight is 497 g/mol. The molecule has 3 rings (SSSR count). The molecule has 1 saturated carbocycles. The van der Waals surface area contributed by atoms with Crippen LogP contribution in [0.2, 0.25) is 5.02 Å². The monoisotopic (exact) mass is 496 g/mol. The number of nitrogens with one attached hydrogen (secondary N) is 3. The van der Waals surface area contributed by atoms with Crippen LogP contribution in [0.1, 0.15) is 43.0 Å². The number of carbonyl (C=O) groups excluding carboxylic acids is 2. The summed E-state index contributed by atoms with van der Waals surface area (Å²) in [5.74, 6) is -3.93. The largest absolute Gasteiger partial charge is 0.450 e. The highest BCUT2D eigenvalue weighted by Gasteiger charge is 2.24. The van der Waals surface area contributed by atoms with Crippen molar-refractivity contribution >= 4 is 35.2 Å². The molecule has 11 heteroatoms. The summed E-state index contributed by atoms with van der Waals surface area (Å²) >= 11 is 5.84. The third-order valence-electron chi connectivity index (χ3n) is 5.25. The molecule has 2 amide bonds. The summed E-state index contributed by atoms with van der Waals surface area (Å²) in [5, 5.41) is 8.46. The number of aliphatic imine (C=N–C) groups is 1. The molecule has 0 spiro atoms. The molecule has 0 atom stereocenters. The van der Waals surface area contributed by atoms with E-state index in [1.54, 1.807) is 6.92 Å². The maximum Gasteiger partial charge on any atom is 0.407 e. The van der Waals surface area contributed by atoms with Crippen LogP contribution in [0.3, 0.4) is 0 Å². The normalized spacial score (nSPS) is 18.2. The summed E-state index contributed by atoms with van der Waals surface area (Å²) < 4.78 is 46.1. The Bertz CT molecular complexity index is 1080. The number of nitrogens with zero attached hydrogens (tertiary/aromatic N) is 1. The summed E-state index contributed by atoms with van der Waals surface area (Å²) in [6.07, 6.45) is 2.06. The van der Waals surface area contributed by atoms with Gasteiger partial charge in [-0.3, -0.25) is 4.79 Å². The number of hydrogen-bond donors (Lipinski definition) is 3. The maximum absolute atomic E-state index is 14.4. The van der Waals surface area contributed by atoms with Gasteiger partial charge in [0.1, 0.15) is 0 Å². The van der Waals surface area contributed by atoms with Gasteiger partial charge < -0.3 is 20.7 Å². The highest BCUT2D eigenvalue weighted by molar-refractivity contribution is 6.31. The predicted octanol–water partition coefficient (Wildman–Crippen LogP) is 5.01. The van der Waals surface area contributed by atoms with Crippen molar-refractivity contribution in [2.45, 2.75) is 44.7 Å². The number of anilines is 1. The van der Waals surface area contributed by atoms with E-state index in [9.17, 15) is 22.8 Å². The second-order valence-corrected chi connectivity index (χ2v) is 8.09. The molecule has 7 nitrogen and oxygen atoms in total. The lowest BCUT2D eigenvalue weighted by Crippen LogP contribution is -2.45. The van der Waals surface area contributed by atoms with Crippen LogP contribution in [0.4, 0.5) is 23.7 Å². The van der Waals surface area contributed by atoms with Gasteiger partial charge in [-0.1, -0.05) is 17.7 Å². The van der Waals surface area contributed by atoms with E-state index in [0.29, 0.717) is 25.7 Å². The van der Waals surface area contributed by atoms with Crippen LogP contribution in [-0.2, 0) is 4.74 Å². The summed E-state index contributed by atoms with van der Waals surface area (Å²) in [5.41, 5.74) is -0.191. The van der Waals surface area contributed by atoms with E-state index < -0.39 is 29.5 Å². The zero-order valence-corrected chi connectivity index (χ0v) is 19.1. The second kappa shape index (κ2) is 11.7. The fourth-order valence-electron chi connectivity index (χ4n) is 3.53. The van der Waals surface area contributed by atoms with E-state index in [4.69, 9.17) is 16.3 Å². The minimum Gasteiger partial charge on any atom is -0.450 e. The molecule has 34 heavy (non-hydrogen) atoms. The highest BCUT2D eigenvalue weighted by atomic mass is 35.5. The summed E-state index contributed by atoms with van der Waals surface area (Å²) in [7, 11) is 0. The summed E-state index contributed by atoms with van der Waals surface area (Å²) in [6, 6.07) is 6.78. The molecule has 1 aliphatic rings. The molecule has 2 aromatic rings. The van der Waals surface area contributed by atoms with Gasteiger partial charge in [-0.2, -0.15) is 4.99 Å². The van der Waals surface area contributed by atoms with Crippen LogP contribution < -0.4 is 16.0 Å². The zero-order valence-electron chi connectivity index (χ0n) is 18.3. The van der Waals surface area contributed by atoms with Gasteiger partial charge in [0.25, 0.3) is 5.91 Å². The fourth-order valence-corrected chi connectivity index (χ4v) is 3.71. The van der Waals surface area contributed by atoms with Crippen LogP contribution in [0.25, 0.3) is 0 Å². The lowest BCUT2D eigenvalue weighted by atomic mass is 9.91. The molecule has 2 aromatic carbocycles. The SMILES string of the molecule is CCOC(=O)N[C@H]1CC[C@H](N/C(=N\C(=O)c2ccc(F)c(F)c2)Nc2cccc(Cl)c2F)CC1. The molecule has 1 aliphatic carbocycles. The Morgan fingerprint density at radius 1 is 1.03 bits per heavy atom. The molecule has 0 aliphatic heterocycles. The lowest BCUT2D eigenvalue weighted by Gasteiger charge is -2.30. The molecule has 182 valence electrons. The molecule has 0 heterocycles. The molecule has 3 N–H and O–H groups in total. The van der Waals surface area contributed by atoms with Gasteiger partial charge in [-0.25, -0.2) is 18.0 Å². The van der Waals surface area contributed by atoms with Crippen LogP contribution in [0.15, 0.2) is 41.4 Å². The van der Waals surface area contributed by atoms with E-state index >= 15 is 0 Å². The summed E-state index contributed by atoms with van der Waals surface area (Å²) in [6.45, 7) is 2.00. The minimum atomic E-state index is -1.18. The van der Waals surface area contributed by atoms with E-state index in [0.717, 1.165) is 18.2 Å². The van der Waals surface area contributed by atoms with Gasteiger partial charge in [-0.15, -0.1) is 0 Å². The number of amides is 2. The molecule has 0 aromatic heterocycles. The van der Waals surface area contributed by atoms with Crippen molar-refractivity contribution < 1.29 is 27.5 Å². The second-order valence-electron chi connectivity index (χ2n) is 7.68. The highest BCUT2D eigenvalue weighted by Crippen LogP contribution is 2.23. The number of halogens is 4. The summed E-state index contributed by atoms with van der Waals surface area (Å²) in [4.78, 5) is 28.2. The predicted molar refractivity (Wildman–Crippen MR) is 122 cm³/mol. The Hall–Kier alpha value is -3.27. The Morgan fingerprint density at radius 2 is 1.71 bits per heavy atom. The van der Waals surface area contributed by atoms with E-state index in [-0.39, 0.29) is 40.9 Å². The van der Waals surface area contributed by atoms with E-state index in [1.807, 2.05) is 0 Å². The number of hydrogen-bond acceptors (Lipinski definition) is 3. The third-order valence-corrected chi connectivity index (χ3v) is 5.54. The third kappa shape index (κ3) is 6.86. The van der Waals surface area contributed by atoms with E-state index in [1.165, 1.54) is 18.2 Å². The molecule has 0 radical (unpaired) electrons. The first-order chi connectivity index (χ1) is 16.3. The molecule has 0 unspecified atom stereocenters. The Labute approximate surface area is 199 Å². The first kappa shape index (κ1) is 25.4. The van der Waals surface area contributed by atoms with E-state index in [2.05, 4.69) is 20.9 Å². The number of ether oxygens (including phenoxy) is 1. The Balaban J connectivity index is 1.75. The van der Waals surface area contributed by atoms with Gasteiger partial charge in [0.05, 0.1) is 17.3 Å². The number of benzene rings is 2. The van der Waals surface area contributed by atoms with Gasteiger partial charge in [-0.05, 0) is 62.9 Å². The number of rotatable bonds is 5. The van der Waals surface area contributed by atoms with Crippen molar-refractivity contribution in [2.75, 3.05) is 11.9 Å². The maximum atomic E-state index is 14.4. The zero-order chi connectivity index (χ0) is 24.7. The van der Waals surface area contributed by atoms with Gasteiger partial charge in [0, 0.05) is 17.6 Å². The van der Waals surface area contributed by atoms with Crippen LogP contribution in [0, 0.1) is 17.5 Å². The molecule has 1 fully saturated rings. The van der Waals surface area contributed by atoms with Crippen LogP contribution in [-0.4, -0.2) is 36.7 Å². The minimum absolute atomic E-state index is 0.0190. The van der Waals surface area contributed by atoms with Crippen molar-refractivity contribution in [1.29, 1.82) is 0 Å².